The first-order chi connectivity index (χ1) is 11.2. The van der Waals surface area contributed by atoms with Crippen LogP contribution < -0.4 is 4.74 Å². The Morgan fingerprint density at radius 1 is 0.870 bits per heavy atom. The Morgan fingerprint density at radius 2 is 1.52 bits per heavy atom. The van der Waals surface area contributed by atoms with Crippen molar-refractivity contribution in [2.45, 2.75) is 13.3 Å². The van der Waals surface area contributed by atoms with Crippen LogP contribution in [-0.2, 0) is 6.42 Å². The standard InChI is InChI=1S/C20H19NO2/c1-3-16-8-13-19(14-6-11-18(23-2)12-7-14)20(21-16)15-4-9-17(22)10-5-15/h4-13,22H,3H2,1-2H3. The minimum Gasteiger partial charge on any atom is -0.508 e. The molecule has 23 heavy (non-hydrogen) atoms. The maximum Gasteiger partial charge on any atom is 0.118 e. The van der Waals surface area contributed by atoms with Crippen LogP contribution in [0.4, 0.5) is 0 Å². The fraction of sp³-hybridized carbons (Fsp3) is 0.150. The fourth-order valence-corrected chi connectivity index (χ4v) is 2.54. The molecule has 3 rings (SSSR count). The van der Waals surface area contributed by atoms with Crippen molar-refractivity contribution in [3.8, 4) is 33.9 Å². The molecular weight excluding hydrogens is 286 g/mol. The van der Waals surface area contributed by atoms with E-state index in [1.165, 1.54) is 0 Å². The third-order valence-electron chi connectivity index (χ3n) is 3.86. The van der Waals surface area contributed by atoms with Gasteiger partial charge in [-0.1, -0.05) is 25.1 Å². The molecule has 3 heteroatoms. The Bertz CT molecular complexity index is 793. The summed E-state index contributed by atoms with van der Waals surface area (Å²) in [5.41, 5.74) is 5.11. The molecule has 1 aromatic heterocycles. The van der Waals surface area contributed by atoms with Gasteiger partial charge in [-0.05, 0) is 54.4 Å². The zero-order valence-corrected chi connectivity index (χ0v) is 13.3. The van der Waals surface area contributed by atoms with E-state index in [0.717, 1.165) is 40.2 Å². The van der Waals surface area contributed by atoms with E-state index in [0.29, 0.717) is 0 Å². The molecule has 116 valence electrons. The smallest absolute Gasteiger partial charge is 0.118 e. The summed E-state index contributed by atoms with van der Waals surface area (Å²) in [6, 6.07) is 19.3. The van der Waals surface area contributed by atoms with Crippen molar-refractivity contribution in [3.05, 3.63) is 66.4 Å². The molecule has 0 atom stereocenters. The highest BCUT2D eigenvalue weighted by Crippen LogP contribution is 2.32. The van der Waals surface area contributed by atoms with Gasteiger partial charge in [0.15, 0.2) is 0 Å². The number of phenolic OH excluding ortho intramolecular Hbond substituents is 1. The summed E-state index contributed by atoms with van der Waals surface area (Å²) >= 11 is 0. The van der Waals surface area contributed by atoms with Gasteiger partial charge in [-0.15, -0.1) is 0 Å². The minimum atomic E-state index is 0.256. The first-order valence-electron chi connectivity index (χ1n) is 7.65. The lowest BCUT2D eigenvalue weighted by Crippen LogP contribution is -1.94. The van der Waals surface area contributed by atoms with Crippen molar-refractivity contribution in [1.82, 2.24) is 4.98 Å². The van der Waals surface area contributed by atoms with E-state index >= 15 is 0 Å². The van der Waals surface area contributed by atoms with Gasteiger partial charge in [-0.25, -0.2) is 0 Å². The van der Waals surface area contributed by atoms with Gasteiger partial charge in [0, 0.05) is 16.8 Å². The van der Waals surface area contributed by atoms with Crippen LogP contribution in [0, 0.1) is 0 Å². The molecule has 0 spiro atoms. The Hall–Kier alpha value is -2.81. The van der Waals surface area contributed by atoms with E-state index in [-0.39, 0.29) is 5.75 Å². The first-order valence-corrected chi connectivity index (χ1v) is 7.65. The highest BCUT2D eigenvalue weighted by Gasteiger charge is 2.10. The van der Waals surface area contributed by atoms with E-state index in [1.807, 2.05) is 36.4 Å². The monoisotopic (exact) mass is 305 g/mol. The maximum absolute atomic E-state index is 9.51. The van der Waals surface area contributed by atoms with Gasteiger partial charge in [-0.2, -0.15) is 0 Å². The Balaban J connectivity index is 2.13. The molecule has 0 unspecified atom stereocenters. The van der Waals surface area contributed by atoms with Gasteiger partial charge in [0.25, 0.3) is 0 Å². The van der Waals surface area contributed by atoms with Crippen molar-refractivity contribution in [1.29, 1.82) is 0 Å². The van der Waals surface area contributed by atoms with E-state index in [9.17, 15) is 5.11 Å². The number of nitrogens with zero attached hydrogens (tertiary/aromatic N) is 1. The molecule has 0 fully saturated rings. The summed E-state index contributed by atoms with van der Waals surface area (Å²) in [4.78, 5) is 4.80. The molecule has 0 aliphatic carbocycles. The van der Waals surface area contributed by atoms with Crippen LogP contribution in [0.25, 0.3) is 22.4 Å². The Kier molecular flexibility index (Phi) is 4.29. The molecule has 1 heterocycles. The van der Waals surface area contributed by atoms with E-state index in [1.54, 1.807) is 19.2 Å². The highest BCUT2D eigenvalue weighted by atomic mass is 16.5. The van der Waals surface area contributed by atoms with Crippen LogP contribution >= 0.6 is 0 Å². The largest absolute Gasteiger partial charge is 0.508 e. The van der Waals surface area contributed by atoms with E-state index in [2.05, 4.69) is 19.1 Å². The zero-order chi connectivity index (χ0) is 16.2. The number of ether oxygens (including phenoxy) is 1. The number of pyridine rings is 1. The quantitative estimate of drug-likeness (QED) is 0.760. The third kappa shape index (κ3) is 3.19. The highest BCUT2D eigenvalue weighted by molar-refractivity contribution is 5.81. The Morgan fingerprint density at radius 3 is 2.13 bits per heavy atom. The second-order valence-electron chi connectivity index (χ2n) is 5.33. The summed E-state index contributed by atoms with van der Waals surface area (Å²) < 4.78 is 5.23. The molecule has 0 aliphatic heterocycles. The third-order valence-corrected chi connectivity index (χ3v) is 3.86. The SMILES string of the molecule is CCc1ccc(-c2ccc(OC)cc2)c(-c2ccc(O)cc2)n1. The second-order valence-corrected chi connectivity index (χ2v) is 5.33. The predicted octanol–water partition coefficient (Wildman–Crippen LogP) is 4.69. The van der Waals surface area contributed by atoms with Gasteiger partial charge in [0.2, 0.25) is 0 Å². The summed E-state index contributed by atoms with van der Waals surface area (Å²) in [5, 5.41) is 9.51. The van der Waals surface area contributed by atoms with Gasteiger partial charge < -0.3 is 9.84 Å². The van der Waals surface area contributed by atoms with Gasteiger partial charge >= 0.3 is 0 Å². The van der Waals surface area contributed by atoms with Crippen LogP contribution in [0.15, 0.2) is 60.7 Å². The van der Waals surface area contributed by atoms with Crippen molar-refractivity contribution >= 4 is 0 Å². The number of aryl methyl sites for hydroxylation is 1. The van der Waals surface area contributed by atoms with Crippen molar-refractivity contribution in [2.24, 2.45) is 0 Å². The molecule has 3 nitrogen and oxygen atoms in total. The summed E-state index contributed by atoms with van der Waals surface area (Å²) in [6.45, 7) is 2.09. The molecule has 0 aliphatic rings. The molecular formula is C20H19NO2. The van der Waals surface area contributed by atoms with E-state index < -0.39 is 0 Å². The van der Waals surface area contributed by atoms with Crippen LogP contribution in [0.2, 0.25) is 0 Å². The minimum absolute atomic E-state index is 0.256. The fourth-order valence-electron chi connectivity index (χ4n) is 2.54. The van der Waals surface area contributed by atoms with Gasteiger partial charge in [0.1, 0.15) is 11.5 Å². The molecule has 0 bridgehead atoms. The number of benzene rings is 2. The molecule has 2 aromatic carbocycles. The van der Waals surface area contributed by atoms with Gasteiger partial charge in [-0.3, -0.25) is 4.98 Å². The number of aromatic hydroxyl groups is 1. The van der Waals surface area contributed by atoms with Crippen molar-refractivity contribution in [2.75, 3.05) is 7.11 Å². The average Bonchev–Trinajstić information content (AvgIpc) is 2.62. The van der Waals surface area contributed by atoms with E-state index in [4.69, 9.17) is 9.72 Å². The van der Waals surface area contributed by atoms with Crippen molar-refractivity contribution in [3.63, 3.8) is 0 Å². The lowest BCUT2D eigenvalue weighted by atomic mass is 9.98. The van der Waals surface area contributed by atoms with Crippen LogP contribution in [0.3, 0.4) is 0 Å². The first kappa shape index (κ1) is 15.1. The molecule has 1 N–H and O–H groups in total. The zero-order valence-electron chi connectivity index (χ0n) is 13.3. The molecule has 0 saturated heterocycles. The normalized spacial score (nSPS) is 10.5. The number of hydrogen-bond acceptors (Lipinski definition) is 3. The summed E-state index contributed by atoms with van der Waals surface area (Å²) in [6.07, 6.45) is 0.883. The predicted molar refractivity (Wildman–Crippen MR) is 92.7 cm³/mol. The average molecular weight is 305 g/mol. The second kappa shape index (κ2) is 6.53. The summed E-state index contributed by atoms with van der Waals surface area (Å²) in [7, 11) is 1.66. The summed E-state index contributed by atoms with van der Waals surface area (Å²) in [5.74, 6) is 1.09. The lowest BCUT2D eigenvalue weighted by Gasteiger charge is -2.12. The number of methoxy groups -OCH3 is 1. The number of aromatic nitrogens is 1. The molecule has 0 amide bonds. The van der Waals surface area contributed by atoms with Crippen LogP contribution in [0.1, 0.15) is 12.6 Å². The number of hydrogen-bond donors (Lipinski definition) is 1. The maximum atomic E-state index is 9.51. The van der Waals surface area contributed by atoms with Crippen LogP contribution in [0.5, 0.6) is 11.5 Å². The lowest BCUT2D eigenvalue weighted by molar-refractivity contribution is 0.415. The van der Waals surface area contributed by atoms with Gasteiger partial charge in [0.05, 0.1) is 12.8 Å². The number of rotatable bonds is 4. The van der Waals surface area contributed by atoms with Crippen molar-refractivity contribution < 1.29 is 9.84 Å². The number of phenols is 1. The molecule has 0 radical (unpaired) electrons. The van der Waals surface area contributed by atoms with Crippen LogP contribution in [-0.4, -0.2) is 17.2 Å². The topological polar surface area (TPSA) is 42.4 Å². The molecule has 0 saturated carbocycles. The molecule has 3 aromatic rings. The Labute approximate surface area is 136 Å².